The third-order valence-electron chi connectivity index (χ3n) is 5.25. The maximum Gasteiger partial charge on any atom is 0.203 e. The topological polar surface area (TPSA) is 73.2 Å². The molecule has 7 heteroatoms. The zero-order chi connectivity index (χ0) is 21.0. The molecule has 0 saturated heterocycles. The summed E-state index contributed by atoms with van der Waals surface area (Å²) < 4.78 is 27.5. The second-order valence-electron chi connectivity index (χ2n) is 6.65. The maximum absolute atomic E-state index is 9.39. The van der Waals surface area contributed by atoms with Gasteiger partial charge in [-0.05, 0) is 47.4 Å². The van der Waals surface area contributed by atoms with Gasteiger partial charge in [0.15, 0.2) is 23.0 Å². The lowest BCUT2D eigenvalue weighted by atomic mass is 9.87. The van der Waals surface area contributed by atoms with Gasteiger partial charge in [0.25, 0.3) is 0 Å². The molecular formula is C22H26N2O5. The van der Waals surface area contributed by atoms with Crippen molar-refractivity contribution in [3.8, 4) is 34.8 Å². The predicted octanol–water partition coefficient (Wildman–Crippen LogP) is 3.20. The summed E-state index contributed by atoms with van der Waals surface area (Å²) >= 11 is 0. The molecule has 0 N–H and O–H groups in total. The summed E-state index contributed by atoms with van der Waals surface area (Å²) in [6.07, 6.45) is 0.818. The van der Waals surface area contributed by atoms with Crippen molar-refractivity contribution in [2.45, 2.75) is 12.5 Å². The minimum atomic E-state index is -0.160. The van der Waals surface area contributed by atoms with E-state index >= 15 is 0 Å². The highest BCUT2D eigenvalue weighted by molar-refractivity contribution is 5.57. The van der Waals surface area contributed by atoms with Gasteiger partial charge in [-0.2, -0.15) is 5.26 Å². The minimum absolute atomic E-state index is 0.160. The standard InChI is InChI=1S/C22H26N2O5/c1-25-17-10-14-6-8-24(9-7-23)21(16(14)13-18(17)26-2)15-11-19(27-3)22(29-5)20(12-15)28-4/h10-13,21H,6,8-9H2,1-5H3. The molecule has 3 rings (SSSR count). The Labute approximate surface area is 171 Å². The molecule has 2 aromatic rings. The highest BCUT2D eigenvalue weighted by atomic mass is 16.5. The zero-order valence-electron chi connectivity index (χ0n) is 17.4. The molecule has 1 heterocycles. The van der Waals surface area contributed by atoms with Crippen LogP contribution < -0.4 is 23.7 Å². The fourth-order valence-corrected chi connectivity index (χ4v) is 3.91. The van der Waals surface area contributed by atoms with Crippen LogP contribution in [-0.2, 0) is 6.42 Å². The van der Waals surface area contributed by atoms with Crippen LogP contribution in [0, 0.1) is 11.3 Å². The van der Waals surface area contributed by atoms with Crippen LogP contribution in [0.15, 0.2) is 24.3 Å². The Morgan fingerprint density at radius 2 is 1.45 bits per heavy atom. The highest BCUT2D eigenvalue weighted by Gasteiger charge is 2.32. The van der Waals surface area contributed by atoms with E-state index in [-0.39, 0.29) is 6.04 Å². The summed E-state index contributed by atoms with van der Waals surface area (Å²) in [5.74, 6) is 3.04. The molecule has 0 radical (unpaired) electrons. The van der Waals surface area contributed by atoms with Gasteiger partial charge < -0.3 is 23.7 Å². The molecule has 2 aromatic carbocycles. The summed E-state index contributed by atoms with van der Waals surface area (Å²) in [4.78, 5) is 2.13. The first-order valence-electron chi connectivity index (χ1n) is 9.27. The number of hydrogen-bond acceptors (Lipinski definition) is 7. The van der Waals surface area contributed by atoms with Gasteiger partial charge in [0.05, 0.1) is 54.2 Å². The second-order valence-corrected chi connectivity index (χ2v) is 6.65. The molecule has 0 bridgehead atoms. The van der Waals surface area contributed by atoms with Crippen molar-refractivity contribution in [2.75, 3.05) is 48.6 Å². The molecule has 7 nitrogen and oxygen atoms in total. The summed E-state index contributed by atoms with van der Waals surface area (Å²) in [5.41, 5.74) is 3.18. The van der Waals surface area contributed by atoms with Crippen LogP contribution in [-0.4, -0.2) is 53.5 Å². The SMILES string of the molecule is COc1cc2c(cc1OC)C(c1cc(OC)c(OC)c(OC)c1)N(CC#N)CC2. The van der Waals surface area contributed by atoms with E-state index in [1.165, 1.54) is 0 Å². The summed E-state index contributed by atoms with van der Waals surface area (Å²) in [6.45, 7) is 1.05. The average Bonchev–Trinajstić information content (AvgIpc) is 2.76. The molecule has 1 atom stereocenters. The monoisotopic (exact) mass is 398 g/mol. The Bertz CT molecular complexity index is 897. The van der Waals surface area contributed by atoms with Gasteiger partial charge in [-0.15, -0.1) is 0 Å². The number of nitrogens with zero attached hydrogens (tertiary/aromatic N) is 2. The first-order valence-corrected chi connectivity index (χ1v) is 9.27. The van der Waals surface area contributed by atoms with Crippen molar-refractivity contribution >= 4 is 0 Å². The molecule has 0 fully saturated rings. The Hall–Kier alpha value is -3.11. The number of methoxy groups -OCH3 is 5. The van der Waals surface area contributed by atoms with Gasteiger partial charge in [0.2, 0.25) is 5.75 Å². The first kappa shape index (κ1) is 20.6. The van der Waals surface area contributed by atoms with Gasteiger partial charge >= 0.3 is 0 Å². The van der Waals surface area contributed by atoms with Crippen molar-refractivity contribution < 1.29 is 23.7 Å². The number of fused-ring (bicyclic) bond motifs is 1. The number of benzene rings is 2. The number of hydrogen-bond donors (Lipinski definition) is 0. The van der Waals surface area contributed by atoms with Crippen LogP contribution in [0.25, 0.3) is 0 Å². The molecule has 154 valence electrons. The molecule has 0 aliphatic carbocycles. The lowest BCUT2D eigenvalue weighted by Crippen LogP contribution is -2.36. The molecule has 29 heavy (non-hydrogen) atoms. The van der Waals surface area contributed by atoms with Gasteiger partial charge in [-0.1, -0.05) is 0 Å². The second kappa shape index (κ2) is 8.93. The number of ether oxygens (including phenoxy) is 5. The molecule has 1 aliphatic rings. The van der Waals surface area contributed by atoms with Crippen LogP contribution in [0.3, 0.4) is 0 Å². The van der Waals surface area contributed by atoms with E-state index in [0.717, 1.165) is 29.7 Å². The first-order chi connectivity index (χ1) is 14.1. The number of rotatable bonds is 7. The smallest absolute Gasteiger partial charge is 0.203 e. The van der Waals surface area contributed by atoms with Crippen molar-refractivity contribution in [3.63, 3.8) is 0 Å². The van der Waals surface area contributed by atoms with Gasteiger partial charge in [0.1, 0.15) is 0 Å². The Morgan fingerprint density at radius 3 is 1.97 bits per heavy atom. The molecular weight excluding hydrogens is 372 g/mol. The normalized spacial score (nSPS) is 15.8. The van der Waals surface area contributed by atoms with Crippen molar-refractivity contribution in [3.05, 3.63) is 41.0 Å². The van der Waals surface area contributed by atoms with Crippen molar-refractivity contribution in [1.82, 2.24) is 4.90 Å². The van der Waals surface area contributed by atoms with Crippen molar-refractivity contribution in [1.29, 1.82) is 5.26 Å². The van der Waals surface area contributed by atoms with E-state index in [4.69, 9.17) is 23.7 Å². The van der Waals surface area contributed by atoms with E-state index in [2.05, 4.69) is 11.0 Å². The van der Waals surface area contributed by atoms with E-state index in [9.17, 15) is 5.26 Å². The largest absolute Gasteiger partial charge is 0.493 e. The van der Waals surface area contributed by atoms with Crippen LogP contribution >= 0.6 is 0 Å². The van der Waals surface area contributed by atoms with E-state index in [1.54, 1.807) is 35.5 Å². The fourth-order valence-electron chi connectivity index (χ4n) is 3.91. The Morgan fingerprint density at radius 1 is 0.862 bits per heavy atom. The average molecular weight is 398 g/mol. The minimum Gasteiger partial charge on any atom is -0.493 e. The van der Waals surface area contributed by atoms with E-state index in [0.29, 0.717) is 35.3 Å². The van der Waals surface area contributed by atoms with E-state index < -0.39 is 0 Å². The van der Waals surface area contributed by atoms with Crippen LogP contribution in [0.2, 0.25) is 0 Å². The maximum atomic E-state index is 9.39. The predicted molar refractivity (Wildman–Crippen MR) is 108 cm³/mol. The zero-order valence-corrected chi connectivity index (χ0v) is 17.4. The lowest BCUT2D eigenvalue weighted by molar-refractivity contribution is 0.236. The van der Waals surface area contributed by atoms with Crippen LogP contribution in [0.1, 0.15) is 22.7 Å². The fraction of sp³-hybridized carbons (Fsp3) is 0.409. The molecule has 0 saturated carbocycles. The van der Waals surface area contributed by atoms with Gasteiger partial charge in [0, 0.05) is 6.54 Å². The molecule has 1 aliphatic heterocycles. The Balaban J connectivity index is 2.22. The van der Waals surface area contributed by atoms with Crippen LogP contribution in [0.4, 0.5) is 0 Å². The molecule has 0 spiro atoms. The molecule has 1 unspecified atom stereocenters. The Kier molecular flexibility index (Phi) is 6.35. The third-order valence-corrected chi connectivity index (χ3v) is 5.25. The van der Waals surface area contributed by atoms with E-state index in [1.807, 2.05) is 24.3 Å². The highest BCUT2D eigenvalue weighted by Crippen LogP contribution is 2.45. The molecule has 0 aromatic heterocycles. The van der Waals surface area contributed by atoms with Gasteiger partial charge in [-0.3, -0.25) is 4.90 Å². The third kappa shape index (κ3) is 3.76. The van der Waals surface area contributed by atoms with Gasteiger partial charge in [-0.25, -0.2) is 0 Å². The quantitative estimate of drug-likeness (QED) is 0.663. The van der Waals surface area contributed by atoms with Crippen LogP contribution in [0.5, 0.6) is 28.7 Å². The summed E-state index contributed by atoms with van der Waals surface area (Å²) in [5, 5.41) is 9.39. The van der Waals surface area contributed by atoms with Crippen molar-refractivity contribution in [2.24, 2.45) is 0 Å². The summed E-state index contributed by atoms with van der Waals surface area (Å²) in [7, 11) is 8.02. The molecule has 0 amide bonds. The lowest BCUT2D eigenvalue weighted by Gasteiger charge is -2.37. The number of nitriles is 1. The summed E-state index contributed by atoms with van der Waals surface area (Å²) in [6, 6.07) is 10.00.